The summed E-state index contributed by atoms with van der Waals surface area (Å²) in [6.07, 6.45) is -0.0971. The van der Waals surface area contributed by atoms with E-state index in [0.717, 1.165) is 11.8 Å². The van der Waals surface area contributed by atoms with Gasteiger partial charge in [-0.05, 0) is 29.8 Å². The molecule has 0 spiro atoms. The Labute approximate surface area is 222 Å². The van der Waals surface area contributed by atoms with Crippen molar-refractivity contribution in [1.82, 2.24) is 9.62 Å². The zero-order chi connectivity index (χ0) is 26.6. The molecule has 0 unspecified atom stereocenters. The molecule has 2 N–H and O–H groups in total. The Morgan fingerprint density at radius 1 is 1.27 bits per heavy atom. The van der Waals surface area contributed by atoms with Gasteiger partial charge in [0, 0.05) is 25.4 Å². The highest BCUT2D eigenvalue weighted by atomic mass is 35.5. The lowest BCUT2D eigenvalue weighted by molar-refractivity contribution is -0.121. The molecular weight excluding hydrogens is 543 g/mol. The summed E-state index contributed by atoms with van der Waals surface area (Å²) in [7, 11) is -3.80. The molecule has 1 atom stereocenters. The molecule has 0 radical (unpaired) electrons. The van der Waals surface area contributed by atoms with Gasteiger partial charge >= 0.3 is 0 Å². The number of carbonyl (C=O) groups is 2. The SMILES string of the molecule is N#CC1=C(SCC(=O)Nc2cc(S(=O)(=O)N3CCOCC3)ccc2Cl)NC(=O)C[C@@H]1c1ccccc1F. The molecule has 2 aromatic rings. The summed E-state index contributed by atoms with van der Waals surface area (Å²) in [5.74, 6) is -2.47. The molecule has 9 nitrogen and oxygen atoms in total. The van der Waals surface area contributed by atoms with Gasteiger partial charge in [0.05, 0.1) is 51.2 Å². The summed E-state index contributed by atoms with van der Waals surface area (Å²) in [4.78, 5) is 25.0. The van der Waals surface area contributed by atoms with E-state index in [1.165, 1.54) is 40.7 Å². The van der Waals surface area contributed by atoms with Crippen molar-refractivity contribution in [2.24, 2.45) is 0 Å². The van der Waals surface area contributed by atoms with E-state index in [1.807, 2.05) is 6.07 Å². The minimum absolute atomic E-state index is 0.0245. The van der Waals surface area contributed by atoms with Crippen LogP contribution in [-0.2, 0) is 24.3 Å². The molecule has 2 heterocycles. The van der Waals surface area contributed by atoms with Crippen LogP contribution in [0, 0.1) is 17.1 Å². The van der Waals surface area contributed by atoms with Crippen LogP contribution in [0.5, 0.6) is 0 Å². The van der Waals surface area contributed by atoms with Crippen LogP contribution >= 0.6 is 23.4 Å². The zero-order valence-electron chi connectivity index (χ0n) is 19.4. The van der Waals surface area contributed by atoms with E-state index >= 15 is 0 Å². The molecule has 0 aliphatic carbocycles. The van der Waals surface area contributed by atoms with Crippen LogP contribution in [0.2, 0.25) is 5.02 Å². The Kier molecular flexibility index (Phi) is 8.51. The van der Waals surface area contributed by atoms with Crippen molar-refractivity contribution in [3.05, 3.63) is 69.5 Å². The van der Waals surface area contributed by atoms with Crippen LogP contribution in [0.3, 0.4) is 0 Å². The number of rotatable bonds is 7. The number of thioether (sulfide) groups is 1. The van der Waals surface area contributed by atoms with Crippen LogP contribution in [0.15, 0.2) is 58.0 Å². The molecule has 13 heteroatoms. The summed E-state index contributed by atoms with van der Waals surface area (Å²) in [5.41, 5.74) is 0.480. The fourth-order valence-electron chi connectivity index (χ4n) is 3.98. The fourth-order valence-corrected chi connectivity index (χ4v) is 6.45. The Morgan fingerprint density at radius 2 is 2.00 bits per heavy atom. The minimum atomic E-state index is -3.80. The molecule has 2 aromatic carbocycles. The molecule has 2 aliphatic rings. The number of nitrogens with one attached hydrogen (secondary N) is 2. The van der Waals surface area contributed by atoms with Gasteiger partial charge in [0.25, 0.3) is 0 Å². The highest BCUT2D eigenvalue weighted by molar-refractivity contribution is 8.03. The molecular formula is C24H22ClFN4O5S2. The lowest BCUT2D eigenvalue weighted by Gasteiger charge is -2.26. The van der Waals surface area contributed by atoms with Gasteiger partial charge in [-0.2, -0.15) is 9.57 Å². The summed E-state index contributed by atoms with van der Waals surface area (Å²) < 4.78 is 46.8. The number of morpholine rings is 1. The van der Waals surface area contributed by atoms with Crippen molar-refractivity contribution >= 4 is 50.9 Å². The van der Waals surface area contributed by atoms with E-state index in [2.05, 4.69) is 10.6 Å². The van der Waals surface area contributed by atoms with Crippen molar-refractivity contribution in [2.75, 3.05) is 37.4 Å². The monoisotopic (exact) mass is 564 g/mol. The predicted molar refractivity (Wildman–Crippen MR) is 137 cm³/mol. The lowest BCUT2D eigenvalue weighted by Crippen LogP contribution is -2.40. The van der Waals surface area contributed by atoms with E-state index < -0.39 is 33.6 Å². The molecule has 0 bridgehead atoms. The number of carbonyl (C=O) groups excluding carboxylic acids is 2. The summed E-state index contributed by atoms with van der Waals surface area (Å²) in [6, 6.07) is 12.0. The molecule has 37 heavy (non-hydrogen) atoms. The number of hydrogen-bond acceptors (Lipinski definition) is 7. The van der Waals surface area contributed by atoms with Crippen molar-refractivity contribution in [2.45, 2.75) is 17.2 Å². The highest BCUT2D eigenvalue weighted by Crippen LogP contribution is 2.37. The van der Waals surface area contributed by atoms with Gasteiger partial charge in [-0.1, -0.05) is 41.6 Å². The highest BCUT2D eigenvalue weighted by Gasteiger charge is 2.32. The Morgan fingerprint density at radius 3 is 2.70 bits per heavy atom. The van der Waals surface area contributed by atoms with Gasteiger partial charge in [-0.15, -0.1) is 0 Å². The Bertz CT molecular complexity index is 1400. The first-order valence-electron chi connectivity index (χ1n) is 11.2. The lowest BCUT2D eigenvalue weighted by atomic mass is 9.87. The average molecular weight is 565 g/mol. The van der Waals surface area contributed by atoms with Crippen LogP contribution < -0.4 is 10.6 Å². The van der Waals surface area contributed by atoms with Gasteiger partial charge in [0.1, 0.15) is 5.82 Å². The zero-order valence-corrected chi connectivity index (χ0v) is 21.8. The third-order valence-corrected chi connectivity index (χ3v) is 9.05. The second-order valence-corrected chi connectivity index (χ2v) is 11.5. The average Bonchev–Trinajstić information content (AvgIpc) is 2.89. The number of amides is 2. The van der Waals surface area contributed by atoms with Crippen molar-refractivity contribution in [1.29, 1.82) is 5.26 Å². The first-order chi connectivity index (χ1) is 17.7. The first kappa shape index (κ1) is 27.1. The van der Waals surface area contributed by atoms with Crippen LogP contribution in [0.1, 0.15) is 17.9 Å². The molecule has 194 valence electrons. The number of ether oxygens (including phenoxy) is 1. The van der Waals surface area contributed by atoms with Crippen LogP contribution in [0.25, 0.3) is 0 Å². The van der Waals surface area contributed by atoms with E-state index in [-0.39, 0.29) is 57.0 Å². The van der Waals surface area contributed by atoms with E-state index in [4.69, 9.17) is 16.3 Å². The number of sulfonamides is 1. The molecule has 4 rings (SSSR count). The van der Waals surface area contributed by atoms with Gasteiger partial charge in [-0.25, -0.2) is 12.8 Å². The Balaban J connectivity index is 1.49. The maximum Gasteiger partial charge on any atom is 0.243 e. The third-order valence-electron chi connectivity index (χ3n) is 5.80. The maximum absolute atomic E-state index is 14.4. The normalized spacial score (nSPS) is 18.7. The molecule has 0 aromatic heterocycles. The fraction of sp³-hybridized carbons (Fsp3) is 0.292. The second kappa shape index (κ2) is 11.6. The standard InChI is InChI=1S/C24H22ClFN4O5S2/c25-19-6-5-15(37(33,34)30-7-9-35-10-8-30)11-21(19)28-23(32)14-36-24-18(13-27)17(12-22(31)29-24)16-3-1-2-4-20(16)26/h1-6,11,17H,7-10,12,14H2,(H,28,32)(H,29,31)/t17-/m1/s1. The number of benzene rings is 2. The molecule has 1 fully saturated rings. The second-order valence-electron chi connectivity index (χ2n) is 8.18. The third kappa shape index (κ3) is 6.14. The number of nitriles is 1. The number of halogens is 2. The largest absolute Gasteiger partial charge is 0.379 e. The number of nitrogens with zero attached hydrogens (tertiary/aromatic N) is 2. The summed E-state index contributed by atoms with van der Waals surface area (Å²) in [6.45, 7) is 1.03. The summed E-state index contributed by atoms with van der Waals surface area (Å²) >= 11 is 7.11. The predicted octanol–water partition coefficient (Wildman–Crippen LogP) is 3.21. The van der Waals surface area contributed by atoms with E-state index in [1.54, 1.807) is 6.07 Å². The van der Waals surface area contributed by atoms with Gasteiger partial charge in [0.2, 0.25) is 21.8 Å². The molecule has 1 saturated heterocycles. The number of anilines is 1. The first-order valence-corrected chi connectivity index (χ1v) is 14.0. The van der Waals surface area contributed by atoms with Crippen molar-refractivity contribution < 1.29 is 27.1 Å². The minimum Gasteiger partial charge on any atom is -0.379 e. The van der Waals surface area contributed by atoms with E-state index in [9.17, 15) is 27.7 Å². The smallest absolute Gasteiger partial charge is 0.243 e. The van der Waals surface area contributed by atoms with Crippen LogP contribution in [-0.4, -0.2) is 56.6 Å². The number of allylic oxidation sites excluding steroid dienone is 1. The molecule has 0 saturated carbocycles. The quantitative estimate of drug-likeness (QED) is 0.528. The number of hydrogen-bond donors (Lipinski definition) is 2. The topological polar surface area (TPSA) is 129 Å². The Hall–Kier alpha value is -2.95. The van der Waals surface area contributed by atoms with Crippen molar-refractivity contribution in [3.8, 4) is 6.07 Å². The maximum atomic E-state index is 14.4. The van der Waals surface area contributed by atoms with Crippen molar-refractivity contribution in [3.63, 3.8) is 0 Å². The van der Waals surface area contributed by atoms with Gasteiger partial charge in [-0.3, -0.25) is 9.59 Å². The molecule has 2 amide bonds. The molecule has 2 aliphatic heterocycles. The van der Waals surface area contributed by atoms with Crippen LogP contribution in [0.4, 0.5) is 10.1 Å². The van der Waals surface area contributed by atoms with E-state index in [0.29, 0.717) is 13.2 Å². The summed E-state index contributed by atoms with van der Waals surface area (Å²) in [5, 5.41) is 15.2. The van der Waals surface area contributed by atoms with Gasteiger partial charge in [0.15, 0.2) is 0 Å². The van der Waals surface area contributed by atoms with Gasteiger partial charge < -0.3 is 15.4 Å².